The molecule has 0 bridgehead atoms. The molecule has 4 aromatic heterocycles. The van der Waals surface area contributed by atoms with Gasteiger partial charge in [-0.1, -0.05) is 5.92 Å². The Morgan fingerprint density at radius 2 is 1.60 bits per heavy atom. The normalized spacial score (nSPS) is 29.2. The first-order valence-corrected chi connectivity index (χ1v) is 12.5. The fourth-order valence-electron chi connectivity index (χ4n) is 4.87. The lowest BCUT2D eigenvalue weighted by atomic mass is 10.1. The van der Waals surface area contributed by atoms with Gasteiger partial charge in [0, 0.05) is 0 Å². The number of hydrogen-bond donors (Lipinski definition) is 8. The van der Waals surface area contributed by atoms with Crippen LogP contribution in [0.25, 0.3) is 22.3 Å². The number of nitrogens with zero attached hydrogens (tertiary/aromatic N) is 8. The van der Waals surface area contributed by atoms with Crippen molar-refractivity contribution in [3.05, 3.63) is 24.8 Å². The second-order valence-corrected chi connectivity index (χ2v) is 9.50. The number of anilines is 2. The number of carbonyl (C=O) groups excluding carboxylic acids is 1. The Hall–Kier alpha value is -4.55. The summed E-state index contributed by atoms with van der Waals surface area (Å²) < 4.78 is 13.9. The van der Waals surface area contributed by atoms with Crippen LogP contribution in [-0.4, -0.2) is 120 Å². The van der Waals surface area contributed by atoms with Gasteiger partial charge in [-0.2, -0.15) is 0 Å². The molecule has 0 saturated carbocycles. The fourth-order valence-corrected chi connectivity index (χ4v) is 4.87. The summed E-state index contributed by atoms with van der Waals surface area (Å²) in [6.07, 6.45) is -7.16. The number of aliphatic hydroxyl groups excluding tert-OH is 5. The Morgan fingerprint density at radius 3 is 2.31 bits per heavy atom. The Labute approximate surface area is 234 Å². The molecule has 0 radical (unpaired) electrons. The van der Waals surface area contributed by atoms with Crippen molar-refractivity contribution in [1.82, 2.24) is 44.4 Å². The maximum Gasteiger partial charge on any atom is 0.252 e. The van der Waals surface area contributed by atoms with E-state index in [1.807, 2.05) is 0 Å². The number of fused-ring (bicyclic) bond motifs is 2. The van der Waals surface area contributed by atoms with Crippen LogP contribution in [0.15, 0.2) is 19.0 Å². The number of ether oxygens (including phenoxy) is 2. The lowest BCUT2D eigenvalue weighted by Crippen LogP contribution is -2.42. The number of carbonyl (C=O) groups is 1. The van der Waals surface area contributed by atoms with Gasteiger partial charge in [0.05, 0.1) is 19.5 Å². The van der Waals surface area contributed by atoms with E-state index >= 15 is 0 Å². The average molecular weight is 584 g/mol. The van der Waals surface area contributed by atoms with E-state index in [1.54, 1.807) is 0 Å². The van der Waals surface area contributed by atoms with Gasteiger partial charge >= 0.3 is 0 Å². The predicted molar refractivity (Wildman–Crippen MR) is 138 cm³/mol. The molecule has 220 valence electrons. The fraction of sp³-hybridized carbons (Fsp3) is 0.435. The third-order valence-corrected chi connectivity index (χ3v) is 6.99. The monoisotopic (exact) mass is 583 g/mol. The van der Waals surface area contributed by atoms with E-state index < -0.39 is 61.6 Å². The number of nitrogens with two attached hydrogens (primary N) is 2. The van der Waals surface area contributed by atoms with Gasteiger partial charge in [0.1, 0.15) is 48.7 Å². The third-order valence-electron chi connectivity index (χ3n) is 6.99. The molecule has 6 rings (SSSR count). The minimum Gasteiger partial charge on any atom is -0.394 e. The molecular weight excluding hydrogens is 558 g/mol. The SMILES string of the molecule is Nc1ncnc2c1ncn2C1OC(C(=O)NCC#Cc2nc3c(N)ncnc3n2C2OC(CO)C(O)C2O)C(O)C1O. The smallest absolute Gasteiger partial charge is 0.252 e. The highest BCUT2D eigenvalue weighted by atomic mass is 16.6. The predicted octanol–water partition coefficient (Wildman–Crippen LogP) is -4.47. The molecule has 2 aliphatic rings. The first-order valence-electron chi connectivity index (χ1n) is 12.5. The molecule has 8 unspecified atom stereocenters. The zero-order valence-electron chi connectivity index (χ0n) is 21.5. The Kier molecular flexibility index (Phi) is 7.03. The van der Waals surface area contributed by atoms with Gasteiger partial charge in [-0.25, -0.2) is 29.9 Å². The largest absolute Gasteiger partial charge is 0.394 e. The number of hydrogen-bond acceptors (Lipinski definition) is 16. The molecule has 0 aromatic carbocycles. The second-order valence-electron chi connectivity index (χ2n) is 9.50. The maximum absolute atomic E-state index is 12.8. The Bertz CT molecular complexity index is 1720. The zero-order chi connectivity index (χ0) is 29.7. The molecule has 1 amide bonds. The van der Waals surface area contributed by atoms with Crippen LogP contribution in [-0.2, 0) is 14.3 Å². The van der Waals surface area contributed by atoms with Crippen LogP contribution >= 0.6 is 0 Å². The molecule has 2 fully saturated rings. The van der Waals surface area contributed by atoms with Gasteiger partial charge in [-0.3, -0.25) is 13.9 Å². The minimum atomic E-state index is -1.59. The Balaban J connectivity index is 1.19. The number of aliphatic hydroxyl groups is 5. The van der Waals surface area contributed by atoms with Crippen LogP contribution in [0, 0.1) is 11.8 Å². The summed E-state index contributed by atoms with van der Waals surface area (Å²) >= 11 is 0. The standard InChI is InChI=1S/C23H25N11O8/c24-17-10-19(29-5-27-17)33(7-31-10)22-15(39)13(37)16(42-22)21(40)26-3-1-2-9-32-11-18(25)28-6-30-20(11)34(9)23-14(38)12(36)8(4-35)41-23/h5-8,12-16,22-23,35-39H,3-4H2,(H,26,40)(H2,24,27,29)(H2,25,28,30). The number of amides is 1. The van der Waals surface area contributed by atoms with Crippen molar-refractivity contribution < 1.29 is 39.8 Å². The van der Waals surface area contributed by atoms with Crippen molar-refractivity contribution in [2.45, 2.75) is 49.1 Å². The van der Waals surface area contributed by atoms with Crippen molar-refractivity contribution in [1.29, 1.82) is 0 Å². The van der Waals surface area contributed by atoms with Crippen molar-refractivity contribution in [2.24, 2.45) is 0 Å². The highest BCUT2D eigenvalue weighted by Crippen LogP contribution is 2.34. The van der Waals surface area contributed by atoms with E-state index in [0.717, 1.165) is 0 Å². The van der Waals surface area contributed by atoms with Gasteiger partial charge in [0.25, 0.3) is 5.91 Å². The van der Waals surface area contributed by atoms with E-state index in [4.69, 9.17) is 20.9 Å². The molecule has 2 aliphatic heterocycles. The summed E-state index contributed by atoms with van der Waals surface area (Å²) in [5.74, 6) is 4.83. The first-order chi connectivity index (χ1) is 20.2. The molecule has 4 aromatic rings. The third kappa shape index (κ3) is 4.43. The molecule has 2 saturated heterocycles. The van der Waals surface area contributed by atoms with E-state index in [2.05, 4.69) is 47.1 Å². The molecule has 42 heavy (non-hydrogen) atoms. The first kappa shape index (κ1) is 27.6. The van der Waals surface area contributed by atoms with E-state index in [1.165, 1.54) is 28.1 Å². The van der Waals surface area contributed by atoms with E-state index in [0.29, 0.717) is 0 Å². The van der Waals surface area contributed by atoms with Crippen LogP contribution in [0.5, 0.6) is 0 Å². The van der Waals surface area contributed by atoms with Crippen molar-refractivity contribution in [3.63, 3.8) is 0 Å². The van der Waals surface area contributed by atoms with Crippen molar-refractivity contribution >= 4 is 39.9 Å². The molecule has 8 atom stereocenters. The van der Waals surface area contributed by atoms with Gasteiger partial charge in [-0.15, -0.1) is 0 Å². The number of nitrogens with one attached hydrogen (secondary N) is 1. The molecule has 19 heteroatoms. The van der Waals surface area contributed by atoms with Crippen molar-refractivity contribution in [2.75, 3.05) is 24.6 Å². The highest BCUT2D eigenvalue weighted by Gasteiger charge is 2.48. The average Bonchev–Trinajstić information content (AvgIpc) is 3.72. The van der Waals surface area contributed by atoms with Crippen LogP contribution < -0.4 is 16.8 Å². The highest BCUT2D eigenvalue weighted by molar-refractivity contribution is 5.84. The second kappa shape index (κ2) is 10.7. The topological polar surface area (TPSA) is 288 Å². The summed E-state index contributed by atoms with van der Waals surface area (Å²) in [5.41, 5.74) is 12.5. The van der Waals surface area contributed by atoms with Crippen molar-refractivity contribution in [3.8, 4) is 11.8 Å². The van der Waals surface area contributed by atoms with Crippen LogP contribution in [0.3, 0.4) is 0 Å². The molecule has 0 spiro atoms. The lowest BCUT2D eigenvalue weighted by Gasteiger charge is -2.17. The number of nitrogen functional groups attached to an aromatic ring is 2. The van der Waals surface area contributed by atoms with Crippen LogP contribution in [0.1, 0.15) is 18.3 Å². The van der Waals surface area contributed by atoms with Gasteiger partial charge in [-0.05, 0) is 5.92 Å². The van der Waals surface area contributed by atoms with Gasteiger partial charge in [0.15, 0.2) is 52.8 Å². The zero-order valence-corrected chi connectivity index (χ0v) is 21.5. The summed E-state index contributed by atoms with van der Waals surface area (Å²) in [6, 6.07) is 0. The molecule has 0 aliphatic carbocycles. The summed E-state index contributed by atoms with van der Waals surface area (Å²) in [6.45, 7) is -0.792. The molecule has 19 nitrogen and oxygen atoms in total. The lowest BCUT2D eigenvalue weighted by molar-refractivity contribution is -0.137. The van der Waals surface area contributed by atoms with E-state index in [9.17, 15) is 30.3 Å². The maximum atomic E-state index is 12.8. The van der Waals surface area contributed by atoms with Gasteiger partial charge in [0.2, 0.25) is 0 Å². The summed E-state index contributed by atoms with van der Waals surface area (Å²) in [5, 5.41) is 53.9. The van der Waals surface area contributed by atoms with Gasteiger partial charge < -0.3 is 51.8 Å². The number of rotatable bonds is 5. The summed E-state index contributed by atoms with van der Waals surface area (Å²) in [7, 11) is 0. The number of imidazole rings is 2. The van der Waals surface area contributed by atoms with Crippen LogP contribution in [0.4, 0.5) is 11.6 Å². The Morgan fingerprint density at radius 1 is 0.905 bits per heavy atom. The molecule has 6 heterocycles. The molecule has 10 N–H and O–H groups in total. The quantitative estimate of drug-likeness (QED) is 0.103. The minimum absolute atomic E-state index is 0.0159. The molecular formula is C23H25N11O8. The van der Waals surface area contributed by atoms with E-state index in [-0.39, 0.29) is 46.3 Å². The number of aromatic nitrogens is 8. The summed E-state index contributed by atoms with van der Waals surface area (Å²) in [4.78, 5) is 37.2. The van der Waals surface area contributed by atoms with Crippen LogP contribution in [0.2, 0.25) is 0 Å².